The minimum absolute atomic E-state index is 0.113. The monoisotopic (exact) mass is 517 g/mol. The minimum atomic E-state index is -0.581. The van der Waals surface area contributed by atoms with Crippen molar-refractivity contribution in [3.05, 3.63) is 75.9 Å². The Hall–Kier alpha value is -4.00. The van der Waals surface area contributed by atoms with E-state index in [1.807, 2.05) is 17.7 Å². The lowest BCUT2D eigenvalue weighted by atomic mass is 10.1. The van der Waals surface area contributed by atoms with E-state index in [9.17, 15) is 9.18 Å². The predicted molar refractivity (Wildman–Crippen MR) is 142 cm³/mol. The second kappa shape index (κ2) is 10.2. The first-order chi connectivity index (χ1) is 17.8. The standard InChI is InChI=1S/C27H25ClFN7O/c1-16-3-6-19(33-27(37)18-4-7-22(29)21(28)14-18)13-17(16)5-8-23-24-25(30)31-15-32-26(24)36(34-23)20-9-11-35(2)12-10-20/h3-4,6-7,13-15,20H,9-12H2,1-2H3,(H,33,37)(H2,30,31,32). The van der Waals surface area contributed by atoms with E-state index >= 15 is 0 Å². The summed E-state index contributed by atoms with van der Waals surface area (Å²) in [6.45, 7) is 3.90. The molecular weight excluding hydrogens is 493 g/mol. The number of amides is 1. The van der Waals surface area contributed by atoms with Gasteiger partial charge >= 0.3 is 0 Å². The van der Waals surface area contributed by atoms with E-state index in [4.69, 9.17) is 22.4 Å². The van der Waals surface area contributed by atoms with Crippen LogP contribution in [0.2, 0.25) is 5.02 Å². The Morgan fingerprint density at radius 3 is 2.70 bits per heavy atom. The topological polar surface area (TPSA) is 102 Å². The highest BCUT2D eigenvalue weighted by Crippen LogP contribution is 2.28. The molecule has 188 valence electrons. The maximum atomic E-state index is 13.5. The number of hydrogen-bond donors (Lipinski definition) is 2. The lowest BCUT2D eigenvalue weighted by Gasteiger charge is -2.29. The van der Waals surface area contributed by atoms with Gasteiger partial charge in [-0.3, -0.25) is 4.79 Å². The lowest BCUT2D eigenvalue weighted by Crippen LogP contribution is -2.32. The molecule has 1 saturated heterocycles. The van der Waals surface area contributed by atoms with Gasteiger partial charge in [0.15, 0.2) is 5.65 Å². The Kier molecular flexibility index (Phi) is 6.78. The number of aryl methyl sites for hydroxylation is 1. The molecule has 0 bridgehead atoms. The number of fused-ring (bicyclic) bond motifs is 1. The number of nitrogens with two attached hydrogens (primary N) is 1. The molecule has 1 aliphatic heterocycles. The zero-order chi connectivity index (χ0) is 26.1. The Morgan fingerprint density at radius 1 is 1.16 bits per heavy atom. The maximum absolute atomic E-state index is 13.5. The SMILES string of the molecule is Cc1ccc(NC(=O)c2ccc(F)c(Cl)c2)cc1C#Cc1nn(C2CCN(C)CC2)c2ncnc(N)c12. The fraction of sp³-hybridized carbons (Fsp3) is 0.259. The number of nitrogens with one attached hydrogen (secondary N) is 1. The molecule has 2 aromatic carbocycles. The van der Waals surface area contributed by atoms with Crippen molar-refractivity contribution < 1.29 is 9.18 Å². The molecule has 2 aromatic heterocycles. The molecule has 0 radical (unpaired) electrons. The highest BCUT2D eigenvalue weighted by Gasteiger charge is 2.24. The zero-order valence-corrected chi connectivity index (χ0v) is 21.2. The van der Waals surface area contributed by atoms with Gasteiger partial charge in [-0.25, -0.2) is 19.0 Å². The van der Waals surface area contributed by atoms with Crippen molar-refractivity contribution in [2.45, 2.75) is 25.8 Å². The van der Waals surface area contributed by atoms with Crippen LogP contribution in [0.5, 0.6) is 0 Å². The second-order valence-electron chi connectivity index (χ2n) is 9.15. The molecule has 4 aromatic rings. The van der Waals surface area contributed by atoms with Gasteiger partial charge in [0.05, 0.1) is 16.5 Å². The molecule has 3 heterocycles. The van der Waals surface area contributed by atoms with Crippen LogP contribution in [0, 0.1) is 24.6 Å². The molecule has 0 atom stereocenters. The van der Waals surface area contributed by atoms with Crippen LogP contribution < -0.4 is 11.1 Å². The van der Waals surface area contributed by atoms with Crippen LogP contribution in [0.25, 0.3) is 11.0 Å². The average molecular weight is 518 g/mol. The van der Waals surface area contributed by atoms with Crippen molar-refractivity contribution in [3.63, 3.8) is 0 Å². The van der Waals surface area contributed by atoms with Crippen molar-refractivity contribution in [1.82, 2.24) is 24.6 Å². The molecule has 3 N–H and O–H groups in total. The summed E-state index contributed by atoms with van der Waals surface area (Å²) in [5.41, 5.74) is 9.85. The molecule has 37 heavy (non-hydrogen) atoms. The van der Waals surface area contributed by atoms with Gasteiger partial charge in [-0.2, -0.15) is 5.10 Å². The van der Waals surface area contributed by atoms with Crippen molar-refractivity contribution in [2.24, 2.45) is 0 Å². The number of halogens is 2. The summed E-state index contributed by atoms with van der Waals surface area (Å²) >= 11 is 5.82. The second-order valence-corrected chi connectivity index (χ2v) is 9.56. The summed E-state index contributed by atoms with van der Waals surface area (Å²) in [6.07, 6.45) is 3.38. The van der Waals surface area contributed by atoms with E-state index in [2.05, 4.69) is 39.1 Å². The van der Waals surface area contributed by atoms with Crippen molar-refractivity contribution in [1.29, 1.82) is 0 Å². The molecule has 0 spiro atoms. The lowest BCUT2D eigenvalue weighted by molar-refractivity contribution is 0.102. The van der Waals surface area contributed by atoms with Gasteiger partial charge in [0.25, 0.3) is 5.91 Å². The number of likely N-dealkylation sites (tertiary alicyclic amines) is 1. The van der Waals surface area contributed by atoms with Gasteiger partial charge in [0.2, 0.25) is 0 Å². The number of nitrogens with zero attached hydrogens (tertiary/aromatic N) is 5. The van der Waals surface area contributed by atoms with Gasteiger partial charge in [0.1, 0.15) is 23.7 Å². The number of nitrogen functional groups attached to an aromatic ring is 1. The smallest absolute Gasteiger partial charge is 0.255 e. The van der Waals surface area contributed by atoms with E-state index in [0.29, 0.717) is 33.8 Å². The normalized spacial score (nSPS) is 14.4. The van der Waals surface area contributed by atoms with Crippen LogP contribution in [0.1, 0.15) is 46.1 Å². The van der Waals surface area contributed by atoms with Crippen LogP contribution in [-0.4, -0.2) is 50.7 Å². The number of aromatic nitrogens is 4. The third-order valence-corrected chi connectivity index (χ3v) is 6.83. The van der Waals surface area contributed by atoms with E-state index in [-0.39, 0.29) is 16.6 Å². The zero-order valence-electron chi connectivity index (χ0n) is 20.4. The van der Waals surface area contributed by atoms with Crippen molar-refractivity contribution in [3.8, 4) is 11.8 Å². The van der Waals surface area contributed by atoms with Crippen LogP contribution in [0.15, 0.2) is 42.7 Å². The first-order valence-electron chi connectivity index (χ1n) is 11.9. The fourth-order valence-electron chi connectivity index (χ4n) is 4.38. The molecule has 10 heteroatoms. The van der Waals surface area contributed by atoms with E-state index in [0.717, 1.165) is 37.6 Å². The predicted octanol–water partition coefficient (Wildman–Crippen LogP) is 4.43. The van der Waals surface area contributed by atoms with Gasteiger partial charge in [-0.1, -0.05) is 23.6 Å². The average Bonchev–Trinajstić information content (AvgIpc) is 3.26. The Labute approximate surface area is 218 Å². The summed E-state index contributed by atoms with van der Waals surface area (Å²) in [4.78, 5) is 23.6. The molecule has 0 unspecified atom stereocenters. The maximum Gasteiger partial charge on any atom is 0.255 e. The molecule has 1 amide bonds. The van der Waals surface area contributed by atoms with Crippen molar-refractivity contribution >= 4 is 40.0 Å². The minimum Gasteiger partial charge on any atom is -0.383 e. The molecule has 0 saturated carbocycles. The molecule has 1 fully saturated rings. The highest BCUT2D eigenvalue weighted by atomic mass is 35.5. The molecule has 0 aliphatic carbocycles. The molecule has 5 rings (SSSR count). The van der Waals surface area contributed by atoms with Gasteiger partial charge in [0, 0.05) is 16.8 Å². The first kappa shape index (κ1) is 24.7. The van der Waals surface area contributed by atoms with Gasteiger partial charge in [-0.15, -0.1) is 0 Å². The summed E-state index contributed by atoms with van der Waals surface area (Å²) in [6, 6.07) is 9.46. The number of rotatable bonds is 3. The van der Waals surface area contributed by atoms with Crippen LogP contribution in [0.4, 0.5) is 15.9 Å². The summed E-state index contributed by atoms with van der Waals surface area (Å²) in [5, 5.41) is 8.14. The van der Waals surface area contributed by atoms with Gasteiger partial charge < -0.3 is 16.0 Å². The number of benzene rings is 2. The third-order valence-electron chi connectivity index (χ3n) is 6.54. The molecule has 1 aliphatic rings. The number of piperidine rings is 1. The largest absolute Gasteiger partial charge is 0.383 e. The summed E-state index contributed by atoms with van der Waals surface area (Å²) in [5.74, 6) is 5.68. The molecule has 8 nitrogen and oxygen atoms in total. The van der Waals surface area contributed by atoms with E-state index in [1.54, 1.807) is 12.1 Å². The van der Waals surface area contributed by atoms with E-state index in [1.165, 1.54) is 18.5 Å². The first-order valence-corrected chi connectivity index (χ1v) is 12.2. The van der Waals surface area contributed by atoms with Crippen LogP contribution >= 0.6 is 11.6 Å². The molecular formula is C27H25ClFN7O. The number of hydrogen-bond acceptors (Lipinski definition) is 6. The number of carbonyl (C=O) groups excluding carboxylic acids is 1. The fourth-order valence-corrected chi connectivity index (χ4v) is 4.56. The highest BCUT2D eigenvalue weighted by molar-refractivity contribution is 6.31. The van der Waals surface area contributed by atoms with Crippen LogP contribution in [0.3, 0.4) is 0 Å². The Balaban J connectivity index is 1.45. The third kappa shape index (κ3) is 5.12. The van der Waals surface area contributed by atoms with E-state index < -0.39 is 11.7 Å². The van der Waals surface area contributed by atoms with Crippen LogP contribution in [-0.2, 0) is 0 Å². The Morgan fingerprint density at radius 2 is 1.95 bits per heavy atom. The Bertz CT molecular complexity index is 1560. The quantitative estimate of drug-likeness (QED) is 0.390. The summed E-state index contributed by atoms with van der Waals surface area (Å²) < 4.78 is 15.4. The van der Waals surface area contributed by atoms with Gasteiger partial charge in [-0.05, 0) is 81.7 Å². The number of anilines is 2. The number of carbonyl (C=O) groups is 1. The van der Waals surface area contributed by atoms with Crippen molar-refractivity contribution in [2.75, 3.05) is 31.2 Å². The summed E-state index contributed by atoms with van der Waals surface area (Å²) in [7, 11) is 2.11.